The number of hydrogen-bond donors (Lipinski definition) is 0. The average molecular weight is 717 g/mol. The van der Waals surface area contributed by atoms with Crippen molar-refractivity contribution in [2.24, 2.45) is 0 Å². The zero-order valence-corrected chi connectivity index (χ0v) is 29.8. The molecule has 0 fully saturated rings. The molecule has 0 bridgehead atoms. The van der Waals surface area contributed by atoms with Crippen molar-refractivity contribution in [1.29, 1.82) is 0 Å². The molecule has 0 saturated carbocycles. The van der Waals surface area contributed by atoms with Crippen LogP contribution in [0.2, 0.25) is 0 Å². The first kappa shape index (κ1) is 29.7. The quantitative estimate of drug-likeness (QED) is 0.183. The van der Waals surface area contributed by atoms with Crippen LogP contribution in [-0.4, -0.2) is 19.1 Å². The summed E-state index contributed by atoms with van der Waals surface area (Å²) in [5.41, 5.74) is 11.2. The molecule has 0 radical (unpaired) electrons. The Morgan fingerprint density at radius 1 is 0.393 bits per heavy atom. The minimum absolute atomic E-state index is 0.589. The van der Waals surface area contributed by atoms with Crippen molar-refractivity contribution in [3.63, 3.8) is 0 Å². The molecule has 0 spiro atoms. The summed E-state index contributed by atoms with van der Waals surface area (Å²) in [6.45, 7) is 0. The molecule has 0 amide bonds. The van der Waals surface area contributed by atoms with Crippen molar-refractivity contribution in [2.45, 2.75) is 0 Å². The number of fused-ring (bicyclic) bond motifs is 14. The molecular weight excluding hydrogens is 689 g/mol. The standard InChI is InChI=1S/C50H28N4O2/c1-2-12-31(13-3-1)53-39-18-8-4-14-32(39)37-26-30(22-24-41(37)53)47-49-48(35-17-7-11-21-44(35)56-49)52-50(51-47)54-40-19-9-5-15-33(40)38-28-36-29(27-42(38)54)23-25-45-46(36)34-16-6-10-20-43(34)55-45/h1-28H. The zero-order valence-electron chi connectivity index (χ0n) is 29.8. The largest absolute Gasteiger partial charge is 0.456 e. The van der Waals surface area contributed by atoms with Gasteiger partial charge in [-0.3, -0.25) is 4.57 Å². The Morgan fingerprint density at radius 2 is 1.04 bits per heavy atom. The summed E-state index contributed by atoms with van der Waals surface area (Å²) in [6, 6.07) is 59.5. The van der Waals surface area contributed by atoms with Gasteiger partial charge < -0.3 is 13.4 Å². The van der Waals surface area contributed by atoms with Gasteiger partial charge in [-0.1, -0.05) is 97.1 Å². The molecule has 56 heavy (non-hydrogen) atoms. The van der Waals surface area contributed by atoms with Crippen LogP contribution in [0.15, 0.2) is 179 Å². The third kappa shape index (κ3) is 3.99. The Hall–Kier alpha value is -7.70. The fraction of sp³-hybridized carbons (Fsp3) is 0. The Bertz CT molecular complexity index is 3770. The second kappa shape index (κ2) is 10.9. The molecule has 8 aromatic carbocycles. The highest BCUT2D eigenvalue weighted by molar-refractivity contribution is 6.23. The molecule has 0 saturated heterocycles. The maximum absolute atomic E-state index is 6.64. The normalized spacial score (nSPS) is 12.3. The van der Waals surface area contributed by atoms with Crippen molar-refractivity contribution in [3.05, 3.63) is 170 Å². The van der Waals surface area contributed by atoms with Crippen LogP contribution in [0.25, 0.3) is 121 Å². The van der Waals surface area contributed by atoms with E-state index in [1.165, 1.54) is 5.39 Å². The highest BCUT2D eigenvalue weighted by Crippen LogP contribution is 2.42. The molecule has 0 aliphatic heterocycles. The van der Waals surface area contributed by atoms with Gasteiger partial charge in [-0.2, -0.15) is 0 Å². The molecule has 0 atom stereocenters. The number of hydrogen-bond acceptors (Lipinski definition) is 4. The van der Waals surface area contributed by atoms with Gasteiger partial charge in [-0.15, -0.1) is 0 Å². The van der Waals surface area contributed by atoms with Gasteiger partial charge in [-0.25, -0.2) is 9.97 Å². The van der Waals surface area contributed by atoms with Gasteiger partial charge in [0.25, 0.3) is 0 Å². The average Bonchev–Trinajstić information content (AvgIpc) is 4.00. The summed E-state index contributed by atoms with van der Waals surface area (Å²) in [6.07, 6.45) is 0. The van der Waals surface area contributed by atoms with Gasteiger partial charge in [0.15, 0.2) is 5.58 Å². The Morgan fingerprint density at radius 3 is 1.84 bits per heavy atom. The highest BCUT2D eigenvalue weighted by atomic mass is 16.3. The van der Waals surface area contributed by atoms with E-state index in [4.69, 9.17) is 18.8 Å². The van der Waals surface area contributed by atoms with Crippen molar-refractivity contribution < 1.29 is 8.83 Å². The Labute approximate surface area is 318 Å². The molecule has 13 rings (SSSR count). The maximum Gasteiger partial charge on any atom is 0.236 e. The van der Waals surface area contributed by atoms with Crippen LogP contribution >= 0.6 is 0 Å². The predicted molar refractivity (Wildman–Crippen MR) is 228 cm³/mol. The van der Waals surface area contributed by atoms with Crippen LogP contribution < -0.4 is 0 Å². The van der Waals surface area contributed by atoms with Gasteiger partial charge in [-0.05, 0) is 83.6 Å². The van der Waals surface area contributed by atoms with E-state index in [2.05, 4.69) is 149 Å². The summed E-state index contributed by atoms with van der Waals surface area (Å²) >= 11 is 0. The molecule has 6 nitrogen and oxygen atoms in total. The van der Waals surface area contributed by atoms with Crippen LogP contribution in [0.1, 0.15) is 0 Å². The van der Waals surface area contributed by atoms with E-state index in [0.717, 1.165) is 104 Å². The number of furan rings is 2. The number of nitrogens with zero attached hydrogens (tertiary/aromatic N) is 4. The molecule has 0 unspecified atom stereocenters. The van der Waals surface area contributed by atoms with Gasteiger partial charge in [0.2, 0.25) is 5.95 Å². The van der Waals surface area contributed by atoms with Gasteiger partial charge in [0.1, 0.15) is 28.0 Å². The zero-order chi connectivity index (χ0) is 36.5. The minimum atomic E-state index is 0.589. The molecule has 260 valence electrons. The summed E-state index contributed by atoms with van der Waals surface area (Å²) in [5, 5.41) is 10.1. The summed E-state index contributed by atoms with van der Waals surface area (Å²) in [5.74, 6) is 0.589. The molecule has 0 N–H and O–H groups in total. The van der Waals surface area contributed by atoms with E-state index >= 15 is 0 Å². The van der Waals surface area contributed by atoms with Crippen molar-refractivity contribution in [3.8, 4) is 22.9 Å². The van der Waals surface area contributed by atoms with Crippen LogP contribution in [0.5, 0.6) is 0 Å². The molecule has 6 heteroatoms. The number of aromatic nitrogens is 4. The van der Waals surface area contributed by atoms with Crippen LogP contribution in [-0.2, 0) is 0 Å². The van der Waals surface area contributed by atoms with Crippen LogP contribution in [0, 0.1) is 0 Å². The fourth-order valence-electron chi connectivity index (χ4n) is 9.08. The smallest absolute Gasteiger partial charge is 0.236 e. The van der Waals surface area contributed by atoms with Gasteiger partial charge in [0.05, 0.1) is 22.1 Å². The van der Waals surface area contributed by atoms with Crippen LogP contribution in [0.3, 0.4) is 0 Å². The maximum atomic E-state index is 6.64. The molecular formula is C50H28N4O2. The minimum Gasteiger partial charge on any atom is -0.456 e. The van der Waals surface area contributed by atoms with E-state index < -0.39 is 0 Å². The topological polar surface area (TPSA) is 61.9 Å². The molecule has 0 aliphatic rings. The fourth-order valence-corrected chi connectivity index (χ4v) is 9.08. The van der Waals surface area contributed by atoms with Gasteiger partial charge in [0, 0.05) is 49.0 Å². The van der Waals surface area contributed by atoms with Gasteiger partial charge >= 0.3 is 0 Å². The lowest BCUT2D eigenvalue weighted by Gasteiger charge is -2.11. The highest BCUT2D eigenvalue weighted by Gasteiger charge is 2.23. The Balaban J connectivity index is 1.12. The first-order valence-corrected chi connectivity index (χ1v) is 18.8. The number of benzene rings is 8. The van der Waals surface area contributed by atoms with Crippen molar-refractivity contribution in [2.75, 3.05) is 0 Å². The van der Waals surface area contributed by atoms with E-state index in [1.807, 2.05) is 30.3 Å². The third-order valence-corrected chi connectivity index (χ3v) is 11.5. The lowest BCUT2D eigenvalue weighted by atomic mass is 10.0. The first-order chi connectivity index (χ1) is 27.8. The second-order valence-electron chi connectivity index (χ2n) is 14.5. The summed E-state index contributed by atoms with van der Waals surface area (Å²) in [4.78, 5) is 10.8. The van der Waals surface area contributed by atoms with Crippen LogP contribution in [0.4, 0.5) is 0 Å². The monoisotopic (exact) mass is 716 g/mol. The van der Waals surface area contributed by atoms with E-state index in [9.17, 15) is 0 Å². The first-order valence-electron chi connectivity index (χ1n) is 18.8. The summed E-state index contributed by atoms with van der Waals surface area (Å²) < 4.78 is 17.5. The van der Waals surface area contributed by atoms with Crippen molar-refractivity contribution >= 4 is 98.4 Å². The van der Waals surface area contributed by atoms with E-state index in [-0.39, 0.29) is 0 Å². The molecule has 0 aliphatic carbocycles. The third-order valence-electron chi connectivity index (χ3n) is 11.5. The Kier molecular flexibility index (Phi) is 5.80. The number of para-hydroxylation sites is 5. The number of rotatable bonds is 3. The van der Waals surface area contributed by atoms with E-state index in [1.54, 1.807) is 0 Å². The second-order valence-corrected chi connectivity index (χ2v) is 14.5. The SMILES string of the molecule is c1ccc(-n2c3ccccc3c3cc(-c4nc(-n5c6ccccc6c6cc7c(ccc8oc9ccccc9c87)cc65)nc5c4oc4ccccc45)ccc32)cc1. The lowest BCUT2D eigenvalue weighted by Crippen LogP contribution is -2.03. The molecule has 5 aromatic heterocycles. The summed E-state index contributed by atoms with van der Waals surface area (Å²) in [7, 11) is 0. The molecule has 5 heterocycles. The lowest BCUT2D eigenvalue weighted by molar-refractivity contribution is 0.666. The predicted octanol–water partition coefficient (Wildman–Crippen LogP) is 13.3. The molecule has 13 aromatic rings. The van der Waals surface area contributed by atoms with E-state index in [0.29, 0.717) is 11.5 Å². The van der Waals surface area contributed by atoms with Crippen molar-refractivity contribution in [1.82, 2.24) is 19.1 Å².